The molecule has 22 heavy (non-hydrogen) atoms. The van der Waals surface area contributed by atoms with E-state index >= 15 is 0 Å². The monoisotopic (exact) mass is 317 g/mol. The Morgan fingerprint density at radius 1 is 1.14 bits per heavy atom. The number of nitrogens with one attached hydrogen (secondary N) is 1. The molecule has 1 aromatic heterocycles. The zero-order valence-corrected chi connectivity index (χ0v) is 13.9. The molecule has 2 aliphatic heterocycles. The zero-order valence-electron chi connectivity index (χ0n) is 13.1. The molecule has 2 saturated heterocycles. The van der Waals surface area contributed by atoms with E-state index in [0.717, 1.165) is 17.8 Å². The number of piperazine rings is 1. The minimum absolute atomic E-state index is 0. The fourth-order valence-electron chi connectivity index (χ4n) is 3.86. The van der Waals surface area contributed by atoms with Crippen LogP contribution in [0.3, 0.4) is 0 Å². The van der Waals surface area contributed by atoms with Crippen molar-refractivity contribution in [3.05, 3.63) is 41.6 Å². The highest BCUT2D eigenvalue weighted by Gasteiger charge is 2.29. The molecule has 1 aromatic carbocycles. The number of pyridine rings is 1. The summed E-state index contributed by atoms with van der Waals surface area (Å²) in [6.45, 7) is 5.51. The standard InChI is InChI=1S/C18H23N3.ClH/c1-13-5-7-15-9-14(6-8-18(15)19-13)10-21-11-16-3-2-4-17(12-21)20-16;/h5-9,16-17,20H,2-4,10-12H2,1H3;1H. The van der Waals surface area contributed by atoms with Crippen LogP contribution in [0.15, 0.2) is 30.3 Å². The molecule has 3 heterocycles. The van der Waals surface area contributed by atoms with Gasteiger partial charge in [0.15, 0.2) is 0 Å². The normalized spacial score (nSPS) is 25.0. The SMILES string of the molecule is Cc1ccc2cc(CN3CC4CCCC(C3)N4)ccc2n1.Cl. The predicted octanol–water partition coefficient (Wildman–Crippen LogP) is 3.29. The molecule has 2 atom stereocenters. The Balaban J connectivity index is 0.00000144. The number of aryl methyl sites for hydroxylation is 1. The van der Waals surface area contributed by atoms with Crippen molar-refractivity contribution in [1.82, 2.24) is 15.2 Å². The van der Waals surface area contributed by atoms with Crippen LogP contribution in [0.1, 0.15) is 30.5 Å². The maximum absolute atomic E-state index is 4.59. The fourth-order valence-corrected chi connectivity index (χ4v) is 3.86. The Kier molecular flexibility index (Phi) is 4.67. The highest BCUT2D eigenvalue weighted by atomic mass is 35.5. The van der Waals surface area contributed by atoms with Crippen molar-refractivity contribution in [3.63, 3.8) is 0 Å². The van der Waals surface area contributed by atoms with Crippen molar-refractivity contribution in [2.45, 2.75) is 44.8 Å². The van der Waals surface area contributed by atoms with E-state index in [1.54, 1.807) is 0 Å². The summed E-state index contributed by atoms with van der Waals surface area (Å²) in [6.07, 6.45) is 4.08. The summed E-state index contributed by atoms with van der Waals surface area (Å²) in [5.74, 6) is 0. The van der Waals surface area contributed by atoms with Crippen LogP contribution in [0.2, 0.25) is 0 Å². The van der Waals surface area contributed by atoms with Gasteiger partial charge >= 0.3 is 0 Å². The predicted molar refractivity (Wildman–Crippen MR) is 93.6 cm³/mol. The third-order valence-electron chi connectivity index (χ3n) is 4.83. The first-order valence-corrected chi connectivity index (χ1v) is 8.11. The number of likely N-dealkylation sites (tertiary alicyclic amines) is 1. The van der Waals surface area contributed by atoms with Crippen LogP contribution in [-0.2, 0) is 6.54 Å². The lowest BCUT2D eigenvalue weighted by Gasteiger charge is -2.42. The Labute approximate surface area is 138 Å². The average Bonchev–Trinajstić information content (AvgIpc) is 2.47. The van der Waals surface area contributed by atoms with Crippen molar-refractivity contribution in [2.24, 2.45) is 0 Å². The van der Waals surface area contributed by atoms with Gasteiger partial charge in [-0.25, -0.2) is 0 Å². The molecule has 0 spiro atoms. The van der Waals surface area contributed by atoms with Gasteiger partial charge in [-0.3, -0.25) is 9.88 Å². The lowest BCUT2D eigenvalue weighted by Crippen LogP contribution is -2.58. The smallest absolute Gasteiger partial charge is 0.0705 e. The summed E-state index contributed by atoms with van der Waals surface area (Å²) in [7, 11) is 0. The quantitative estimate of drug-likeness (QED) is 0.921. The largest absolute Gasteiger partial charge is 0.309 e. The lowest BCUT2D eigenvalue weighted by molar-refractivity contribution is 0.119. The number of hydrogen-bond donors (Lipinski definition) is 1. The number of halogens is 1. The van der Waals surface area contributed by atoms with Gasteiger partial charge in [0.2, 0.25) is 0 Å². The van der Waals surface area contributed by atoms with E-state index in [9.17, 15) is 0 Å². The van der Waals surface area contributed by atoms with E-state index in [4.69, 9.17) is 0 Å². The van der Waals surface area contributed by atoms with E-state index in [1.807, 2.05) is 6.92 Å². The van der Waals surface area contributed by atoms with Gasteiger partial charge in [-0.15, -0.1) is 12.4 Å². The Hall–Kier alpha value is -1.16. The van der Waals surface area contributed by atoms with Gasteiger partial charge in [0, 0.05) is 42.8 Å². The van der Waals surface area contributed by atoms with Gasteiger partial charge in [0.05, 0.1) is 5.52 Å². The van der Waals surface area contributed by atoms with Gasteiger partial charge in [-0.05, 0) is 43.5 Å². The van der Waals surface area contributed by atoms with Crippen molar-refractivity contribution in [3.8, 4) is 0 Å². The van der Waals surface area contributed by atoms with Crippen LogP contribution in [0, 0.1) is 6.92 Å². The van der Waals surface area contributed by atoms with Gasteiger partial charge in [-0.1, -0.05) is 18.6 Å². The Morgan fingerprint density at radius 3 is 2.68 bits per heavy atom. The molecule has 2 fully saturated rings. The third kappa shape index (κ3) is 3.27. The van der Waals surface area contributed by atoms with Gasteiger partial charge < -0.3 is 5.32 Å². The highest BCUT2D eigenvalue weighted by molar-refractivity contribution is 5.85. The summed E-state index contributed by atoms with van der Waals surface area (Å²) in [5.41, 5.74) is 3.61. The summed E-state index contributed by atoms with van der Waals surface area (Å²) in [5, 5.41) is 5.01. The second-order valence-electron chi connectivity index (χ2n) is 6.67. The van der Waals surface area contributed by atoms with Gasteiger partial charge in [-0.2, -0.15) is 0 Å². The minimum atomic E-state index is 0. The van der Waals surface area contributed by atoms with Crippen LogP contribution < -0.4 is 5.32 Å². The number of hydrogen-bond acceptors (Lipinski definition) is 3. The number of rotatable bonds is 2. The fraction of sp³-hybridized carbons (Fsp3) is 0.500. The molecule has 0 radical (unpaired) electrons. The molecular weight excluding hydrogens is 294 g/mol. The first-order chi connectivity index (χ1) is 10.3. The van der Waals surface area contributed by atoms with Gasteiger partial charge in [0.1, 0.15) is 0 Å². The maximum Gasteiger partial charge on any atom is 0.0705 e. The van der Waals surface area contributed by atoms with E-state index in [2.05, 4.69) is 45.5 Å². The third-order valence-corrected chi connectivity index (χ3v) is 4.83. The Morgan fingerprint density at radius 2 is 1.91 bits per heavy atom. The molecule has 4 heteroatoms. The topological polar surface area (TPSA) is 28.2 Å². The zero-order chi connectivity index (χ0) is 14.2. The molecule has 4 rings (SSSR count). The molecule has 118 valence electrons. The molecule has 3 nitrogen and oxygen atoms in total. The number of nitrogens with zero attached hydrogens (tertiary/aromatic N) is 2. The summed E-state index contributed by atoms with van der Waals surface area (Å²) in [6, 6.07) is 12.4. The molecule has 1 N–H and O–H groups in total. The van der Waals surface area contributed by atoms with E-state index < -0.39 is 0 Å². The average molecular weight is 318 g/mol. The van der Waals surface area contributed by atoms with E-state index in [-0.39, 0.29) is 12.4 Å². The molecule has 0 aliphatic carbocycles. The van der Waals surface area contributed by atoms with Crippen LogP contribution in [-0.4, -0.2) is 35.1 Å². The summed E-state index contributed by atoms with van der Waals surface area (Å²) >= 11 is 0. The van der Waals surface area contributed by atoms with Crippen molar-refractivity contribution in [2.75, 3.05) is 13.1 Å². The molecule has 0 saturated carbocycles. The van der Waals surface area contributed by atoms with Crippen molar-refractivity contribution < 1.29 is 0 Å². The molecule has 0 amide bonds. The summed E-state index contributed by atoms with van der Waals surface area (Å²) < 4.78 is 0. The maximum atomic E-state index is 4.59. The highest BCUT2D eigenvalue weighted by Crippen LogP contribution is 2.22. The Bertz CT molecular complexity index is 646. The first-order valence-electron chi connectivity index (χ1n) is 8.11. The molecule has 2 unspecified atom stereocenters. The van der Waals surface area contributed by atoms with E-state index in [0.29, 0.717) is 12.1 Å². The van der Waals surface area contributed by atoms with Crippen LogP contribution in [0.25, 0.3) is 10.9 Å². The molecule has 2 aromatic rings. The first kappa shape index (κ1) is 15.7. The van der Waals surface area contributed by atoms with Crippen molar-refractivity contribution in [1.29, 1.82) is 0 Å². The lowest BCUT2D eigenvalue weighted by atomic mass is 9.94. The second-order valence-corrected chi connectivity index (χ2v) is 6.67. The minimum Gasteiger partial charge on any atom is -0.309 e. The molecule has 2 bridgehead atoms. The molecular formula is C18H24ClN3. The number of piperidine rings is 1. The van der Waals surface area contributed by atoms with Crippen LogP contribution >= 0.6 is 12.4 Å². The number of fused-ring (bicyclic) bond motifs is 3. The van der Waals surface area contributed by atoms with Gasteiger partial charge in [0.25, 0.3) is 0 Å². The van der Waals surface area contributed by atoms with Crippen LogP contribution in [0.4, 0.5) is 0 Å². The second kappa shape index (κ2) is 6.53. The van der Waals surface area contributed by atoms with Crippen molar-refractivity contribution >= 4 is 23.3 Å². The number of aromatic nitrogens is 1. The summed E-state index contributed by atoms with van der Waals surface area (Å²) in [4.78, 5) is 7.21. The van der Waals surface area contributed by atoms with Crippen LogP contribution in [0.5, 0.6) is 0 Å². The number of benzene rings is 1. The van der Waals surface area contributed by atoms with E-state index in [1.165, 1.54) is 43.3 Å². The molecule has 2 aliphatic rings.